The summed E-state index contributed by atoms with van der Waals surface area (Å²) in [6.45, 7) is 12.3. The first kappa shape index (κ1) is 53.3. The fraction of sp³-hybridized carbons (Fsp3) is 0.458. The van der Waals surface area contributed by atoms with Gasteiger partial charge in [-0.05, 0) is 98.8 Å². The molecule has 2 aliphatic rings. The van der Waals surface area contributed by atoms with Crippen LogP contribution in [-0.2, 0) is 46.1 Å². The van der Waals surface area contributed by atoms with Crippen LogP contribution in [0.5, 0.6) is 5.75 Å². The maximum absolute atomic E-state index is 13.9. The Morgan fingerprint density at radius 1 is 0.943 bits per heavy atom. The molecule has 0 bridgehead atoms. The Morgan fingerprint density at radius 3 is 2.17 bits per heavy atom. The number of anilines is 2. The van der Waals surface area contributed by atoms with Gasteiger partial charge < -0.3 is 39.4 Å². The van der Waals surface area contributed by atoms with Crippen molar-refractivity contribution in [3.63, 3.8) is 0 Å². The van der Waals surface area contributed by atoms with Crippen LogP contribution in [0.3, 0.4) is 0 Å². The van der Waals surface area contributed by atoms with E-state index < -0.39 is 57.2 Å². The van der Waals surface area contributed by atoms with E-state index in [0.29, 0.717) is 49.5 Å². The summed E-state index contributed by atoms with van der Waals surface area (Å²) in [7, 11) is 0. The second-order valence-corrected chi connectivity index (χ2v) is 19.4. The molecule has 376 valence electrons. The predicted octanol–water partition coefficient (Wildman–Crippen LogP) is 7.23. The third-order valence-electron chi connectivity index (χ3n) is 11.7. The third-order valence-corrected chi connectivity index (χ3v) is 13.0. The van der Waals surface area contributed by atoms with E-state index in [1.54, 1.807) is 54.3 Å². The van der Waals surface area contributed by atoms with E-state index in [1.807, 2.05) is 57.5 Å². The molecule has 6 rings (SSSR count). The molecule has 2 saturated heterocycles. The molecule has 3 aromatic carbocycles. The third kappa shape index (κ3) is 12.8. The lowest BCUT2D eigenvalue weighted by Gasteiger charge is -2.35. The summed E-state index contributed by atoms with van der Waals surface area (Å²) < 4.78 is 63.6. The Labute approximate surface area is 412 Å². The standard InChI is InChI=1S/C48H56F3N7O10S2/c1-30-40(70-29-53-30)32-11-9-31(10-12-32)27-52-42(60)38-8-7-19-55(38)43(61)41(46(2,3)4)54-39(59)28-67-23-22-65-20-21-66-24-25-68-35-16-13-33(14-17-35)57-45(69)56(44(62)47(57,5)6)34-15-18-37(58(63)64)36(26-34)48(49,50)51/h9-18,26,29,38,41H,7-8,19-25,27-28H2,1-6H3,(H,52,60)(H,54,59)/t38-,41?/m0/s1. The van der Waals surface area contributed by atoms with E-state index in [0.717, 1.165) is 32.7 Å². The zero-order chi connectivity index (χ0) is 51.0. The normalized spacial score (nSPS) is 16.4. The minimum absolute atomic E-state index is 0.107. The SMILES string of the molecule is Cc1ncsc1-c1ccc(CNC(=O)[C@@H]2CCCN2C(=O)C(NC(=O)COCCOCCOCCOc2ccc(N3C(=S)N(c4ccc([N+](=O)[O-])c(C(F)(F)F)c4)C(=O)C3(C)C)cc2)C(C)(C)C)cc1. The van der Waals surface area contributed by atoms with Gasteiger partial charge in [-0.3, -0.25) is 34.2 Å². The Hall–Kier alpha value is -6.07. The molecule has 22 heteroatoms. The number of benzene rings is 3. The number of nitro benzene ring substituents is 1. The Kier molecular flexibility index (Phi) is 17.3. The number of nitrogens with zero attached hydrogens (tertiary/aromatic N) is 5. The van der Waals surface area contributed by atoms with Gasteiger partial charge in [-0.2, -0.15) is 13.2 Å². The van der Waals surface area contributed by atoms with Gasteiger partial charge in [-0.15, -0.1) is 11.3 Å². The number of halogens is 3. The van der Waals surface area contributed by atoms with Crippen molar-refractivity contribution in [3.05, 3.63) is 99.2 Å². The van der Waals surface area contributed by atoms with Crippen LogP contribution in [0.4, 0.5) is 30.2 Å². The summed E-state index contributed by atoms with van der Waals surface area (Å²) in [5.41, 5.74) is 0.373. The summed E-state index contributed by atoms with van der Waals surface area (Å²) in [5, 5.41) is 17.0. The van der Waals surface area contributed by atoms with Gasteiger partial charge in [0.2, 0.25) is 17.7 Å². The highest BCUT2D eigenvalue weighted by molar-refractivity contribution is 7.81. The number of aromatic nitrogens is 1. The van der Waals surface area contributed by atoms with Crippen LogP contribution in [0.25, 0.3) is 10.4 Å². The number of nitrogens with one attached hydrogen (secondary N) is 2. The largest absolute Gasteiger partial charge is 0.491 e. The second kappa shape index (κ2) is 22.8. The topological polar surface area (TPSA) is 195 Å². The molecule has 0 radical (unpaired) electrons. The van der Waals surface area contributed by atoms with E-state index >= 15 is 0 Å². The van der Waals surface area contributed by atoms with Gasteiger partial charge in [0.15, 0.2) is 5.11 Å². The quantitative estimate of drug-likeness (QED) is 0.0368. The number of hydrogen-bond donors (Lipinski definition) is 2. The number of likely N-dealkylation sites (tertiary alicyclic amines) is 1. The van der Waals surface area contributed by atoms with E-state index in [1.165, 1.54) is 4.90 Å². The van der Waals surface area contributed by atoms with Gasteiger partial charge in [-0.1, -0.05) is 45.0 Å². The van der Waals surface area contributed by atoms with Crippen molar-refractivity contribution in [2.24, 2.45) is 5.41 Å². The van der Waals surface area contributed by atoms with Crippen molar-refractivity contribution in [2.45, 2.75) is 84.7 Å². The molecular weight excluding hydrogens is 956 g/mol. The molecule has 3 heterocycles. The molecule has 4 aromatic rings. The number of amides is 4. The van der Waals surface area contributed by atoms with Gasteiger partial charge in [0.25, 0.3) is 11.6 Å². The van der Waals surface area contributed by atoms with Gasteiger partial charge >= 0.3 is 6.18 Å². The molecular formula is C48H56F3N7O10S2. The van der Waals surface area contributed by atoms with Crippen molar-refractivity contribution in [3.8, 4) is 16.2 Å². The lowest BCUT2D eigenvalue weighted by molar-refractivity contribution is -0.388. The van der Waals surface area contributed by atoms with Crippen LogP contribution >= 0.6 is 23.6 Å². The maximum atomic E-state index is 13.9. The van der Waals surface area contributed by atoms with Crippen LogP contribution in [0.2, 0.25) is 0 Å². The molecule has 2 N–H and O–H groups in total. The lowest BCUT2D eigenvalue weighted by atomic mass is 9.85. The lowest BCUT2D eigenvalue weighted by Crippen LogP contribution is -2.58. The summed E-state index contributed by atoms with van der Waals surface area (Å²) >= 11 is 7.14. The number of rotatable bonds is 21. The minimum atomic E-state index is -5.04. The number of nitro groups is 1. The molecule has 0 spiro atoms. The number of aryl methyl sites for hydroxylation is 1. The van der Waals surface area contributed by atoms with Crippen LogP contribution in [-0.4, -0.2) is 114 Å². The van der Waals surface area contributed by atoms with Crippen molar-refractivity contribution < 1.29 is 56.2 Å². The van der Waals surface area contributed by atoms with Gasteiger partial charge in [-0.25, -0.2) is 4.98 Å². The van der Waals surface area contributed by atoms with Crippen LogP contribution in [0.1, 0.15) is 64.3 Å². The van der Waals surface area contributed by atoms with Crippen LogP contribution in [0.15, 0.2) is 72.2 Å². The molecule has 17 nitrogen and oxygen atoms in total. The molecule has 1 aromatic heterocycles. The summed E-state index contributed by atoms with van der Waals surface area (Å²) in [6.07, 6.45) is -3.86. The highest BCUT2D eigenvalue weighted by atomic mass is 32.1. The fourth-order valence-electron chi connectivity index (χ4n) is 8.00. The number of alkyl halides is 3. The molecule has 2 fully saturated rings. The number of carbonyl (C=O) groups excluding carboxylic acids is 4. The fourth-order valence-corrected chi connectivity index (χ4v) is 9.33. The summed E-state index contributed by atoms with van der Waals surface area (Å²) in [6, 6.07) is 15.2. The highest BCUT2D eigenvalue weighted by Crippen LogP contribution is 2.42. The first-order valence-electron chi connectivity index (χ1n) is 22.5. The van der Waals surface area contributed by atoms with Gasteiger partial charge in [0.05, 0.1) is 59.7 Å². The predicted molar refractivity (Wildman–Crippen MR) is 259 cm³/mol. The Morgan fingerprint density at radius 2 is 1.57 bits per heavy atom. The number of ether oxygens (including phenoxy) is 4. The van der Waals surface area contributed by atoms with Crippen molar-refractivity contribution in [1.29, 1.82) is 0 Å². The molecule has 70 heavy (non-hydrogen) atoms. The second-order valence-electron chi connectivity index (χ2n) is 18.1. The van der Waals surface area contributed by atoms with E-state index in [4.69, 9.17) is 31.2 Å². The Bertz CT molecular complexity index is 2530. The molecule has 2 aliphatic heterocycles. The molecule has 1 unspecified atom stereocenters. The molecule has 0 aliphatic carbocycles. The first-order chi connectivity index (χ1) is 33.1. The number of carbonyl (C=O) groups is 4. The average Bonchev–Trinajstić information content (AvgIpc) is 4.02. The highest BCUT2D eigenvalue weighted by Gasteiger charge is 2.51. The number of thiazole rings is 1. The van der Waals surface area contributed by atoms with Gasteiger partial charge in [0.1, 0.15) is 42.1 Å². The van der Waals surface area contributed by atoms with Crippen LogP contribution < -0.4 is 25.2 Å². The Balaban J connectivity index is 0.861. The number of thiocarbonyl (C=S) groups is 1. The van der Waals surface area contributed by atoms with E-state index in [2.05, 4.69) is 15.6 Å². The zero-order valence-electron chi connectivity index (χ0n) is 39.6. The summed E-state index contributed by atoms with van der Waals surface area (Å²) in [5.74, 6) is -1.19. The van der Waals surface area contributed by atoms with E-state index in [9.17, 15) is 42.5 Å². The first-order valence-corrected chi connectivity index (χ1v) is 23.8. The average molecular weight is 1010 g/mol. The van der Waals surface area contributed by atoms with E-state index in [-0.39, 0.29) is 68.9 Å². The van der Waals surface area contributed by atoms with Crippen molar-refractivity contribution in [2.75, 3.05) is 62.6 Å². The molecule has 2 atom stereocenters. The van der Waals surface area contributed by atoms with Crippen molar-refractivity contribution >= 4 is 69.4 Å². The smallest absolute Gasteiger partial charge is 0.423 e. The zero-order valence-corrected chi connectivity index (χ0v) is 41.3. The monoisotopic (exact) mass is 1010 g/mol. The summed E-state index contributed by atoms with van der Waals surface area (Å²) in [4.78, 5) is 73.2. The molecule has 0 saturated carbocycles. The number of hydrogen-bond acceptors (Lipinski definition) is 13. The van der Waals surface area contributed by atoms with Crippen LogP contribution in [0, 0.1) is 22.5 Å². The maximum Gasteiger partial charge on any atom is 0.423 e. The van der Waals surface area contributed by atoms with Crippen molar-refractivity contribution in [1.82, 2.24) is 20.5 Å². The minimum Gasteiger partial charge on any atom is -0.491 e. The molecule has 4 amide bonds. The van der Waals surface area contributed by atoms with Gasteiger partial charge in [0, 0.05) is 24.8 Å².